The van der Waals surface area contributed by atoms with Gasteiger partial charge in [0.15, 0.2) is 5.75 Å². The highest BCUT2D eigenvalue weighted by atomic mass is 31.1. The van der Waals surface area contributed by atoms with E-state index in [9.17, 15) is 4.57 Å². The van der Waals surface area contributed by atoms with Gasteiger partial charge in [-0.25, -0.2) is 4.52 Å². The number of unbranched alkanes of at least 4 members (excludes halogenated alkanes) is 2. The van der Waals surface area contributed by atoms with Crippen molar-refractivity contribution in [2.24, 2.45) is 0 Å². The lowest BCUT2D eigenvalue weighted by Gasteiger charge is -1.92. The maximum atomic E-state index is 11.3. The number of benzene rings is 1. The Morgan fingerprint density at radius 1 is 1.20 bits per heavy atom. The van der Waals surface area contributed by atoms with E-state index in [1.54, 1.807) is 12.1 Å². The molecule has 0 heterocycles. The van der Waals surface area contributed by atoms with Crippen LogP contribution in [0.5, 0.6) is 5.75 Å². The Bertz CT molecular complexity index is 287. The van der Waals surface area contributed by atoms with Crippen molar-refractivity contribution in [3.8, 4) is 5.75 Å². The fourth-order valence-electron chi connectivity index (χ4n) is 1.08. The average molecular weight is 227 g/mol. The topological polar surface area (TPSA) is 35.5 Å². The Labute approximate surface area is 91.4 Å². The largest absolute Gasteiger partial charge is 0.750 e. The van der Waals surface area contributed by atoms with Gasteiger partial charge >= 0.3 is 8.25 Å². The number of rotatable bonds is 7. The fraction of sp³-hybridized carbons (Fsp3) is 0.455. The molecule has 0 aliphatic rings. The molecule has 0 spiro atoms. The molecule has 1 unspecified atom stereocenters. The Morgan fingerprint density at radius 3 is 2.60 bits per heavy atom. The van der Waals surface area contributed by atoms with Gasteiger partial charge in [-0.05, 0) is 18.6 Å². The number of para-hydroxylation sites is 1. The zero-order valence-corrected chi connectivity index (χ0v) is 9.78. The van der Waals surface area contributed by atoms with Crippen molar-refractivity contribution in [2.45, 2.75) is 26.2 Å². The average Bonchev–Trinajstić information content (AvgIpc) is 2.26. The van der Waals surface area contributed by atoms with Gasteiger partial charge in [0, 0.05) is 4.57 Å². The molecule has 0 aromatic heterocycles. The molecule has 0 saturated carbocycles. The van der Waals surface area contributed by atoms with Crippen molar-refractivity contribution < 1.29 is 13.6 Å². The second kappa shape index (κ2) is 7.38. The minimum absolute atomic E-state index is 0.496. The van der Waals surface area contributed by atoms with E-state index in [1.807, 2.05) is 18.2 Å². The summed E-state index contributed by atoms with van der Waals surface area (Å²) in [6.45, 7) is 2.61. The monoisotopic (exact) mass is 227 g/mol. The summed E-state index contributed by atoms with van der Waals surface area (Å²) in [4.78, 5) is 0. The first kappa shape index (κ1) is 12.2. The minimum Gasteiger partial charge on any atom is -0.229 e. The van der Waals surface area contributed by atoms with Crippen LogP contribution in [0, 0.1) is 0 Å². The van der Waals surface area contributed by atoms with Gasteiger partial charge in [-0.3, -0.25) is 0 Å². The first-order valence-corrected chi connectivity index (χ1v) is 6.25. The zero-order valence-electron chi connectivity index (χ0n) is 8.89. The Morgan fingerprint density at radius 2 is 1.93 bits per heavy atom. The van der Waals surface area contributed by atoms with Crippen molar-refractivity contribution in [1.29, 1.82) is 0 Å². The normalized spacial score (nSPS) is 11.1. The third kappa shape index (κ3) is 5.50. The fourth-order valence-corrected chi connectivity index (χ4v) is 1.71. The Hall–Kier alpha value is -0.920. The summed E-state index contributed by atoms with van der Waals surface area (Å²) in [6.07, 6.45) is 3.14. The van der Waals surface area contributed by atoms with Crippen LogP contribution in [0.25, 0.3) is 0 Å². The quantitative estimate of drug-likeness (QED) is 0.523. The molecule has 4 heteroatoms. The Kier molecular flexibility index (Phi) is 5.98. The molecule has 0 fully saturated rings. The van der Waals surface area contributed by atoms with Crippen LogP contribution in [0.1, 0.15) is 26.2 Å². The van der Waals surface area contributed by atoms with Crippen LogP contribution in [0.2, 0.25) is 0 Å². The van der Waals surface area contributed by atoms with Crippen molar-refractivity contribution >= 4 is 8.25 Å². The highest BCUT2D eigenvalue weighted by molar-refractivity contribution is 7.33. The molecular formula is C11H16O3P+. The van der Waals surface area contributed by atoms with Crippen LogP contribution < -0.4 is 4.52 Å². The lowest BCUT2D eigenvalue weighted by molar-refractivity contribution is 0.279. The first-order valence-electron chi connectivity index (χ1n) is 5.16. The maximum Gasteiger partial charge on any atom is 0.750 e. The van der Waals surface area contributed by atoms with Gasteiger partial charge < -0.3 is 0 Å². The summed E-state index contributed by atoms with van der Waals surface area (Å²) >= 11 is 0. The van der Waals surface area contributed by atoms with Gasteiger partial charge in [-0.2, -0.15) is 0 Å². The van der Waals surface area contributed by atoms with Gasteiger partial charge in [0.05, 0.1) is 0 Å². The summed E-state index contributed by atoms with van der Waals surface area (Å²) in [5.74, 6) is 0.578. The molecular weight excluding hydrogens is 211 g/mol. The van der Waals surface area contributed by atoms with E-state index in [0.29, 0.717) is 12.4 Å². The third-order valence-corrected chi connectivity index (χ3v) is 2.62. The summed E-state index contributed by atoms with van der Waals surface area (Å²) in [5, 5.41) is 0. The second-order valence-electron chi connectivity index (χ2n) is 3.17. The summed E-state index contributed by atoms with van der Waals surface area (Å²) < 4.78 is 21.4. The van der Waals surface area contributed by atoms with Crippen molar-refractivity contribution in [3.63, 3.8) is 0 Å². The molecule has 1 aromatic rings. The third-order valence-electron chi connectivity index (χ3n) is 1.87. The predicted octanol–water partition coefficient (Wildman–Crippen LogP) is 3.93. The van der Waals surface area contributed by atoms with Crippen LogP contribution >= 0.6 is 8.25 Å². The number of hydrogen-bond acceptors (Lipinski definition) is 3. The molecule has 0 amide bonds. The van der Waals surface area contributed by atoms with Crippen LogP contribution in [0.4, 0.5) is 0 Å². The maximum absolute atomic E-state index is 11.3. The molecule has 1 aromatic carbocycles. The van der Waals surface area contributed by atoms with Crippen molar-refractivity contribution in [1.82, 2.24) is 0 Å². The number of hydrogen-bond donors (Lipinski definition) is 0. The Balaban J connectivity index is 2.19. The van der Waals surface area contributed by atoms with Gasteiger partial charge in [0.25, 0.3) is 0 Å². The standard InChI is InChI=1S/C11H16O3P/c1-2-3-7-10-13-15(12)14-11-8-5-4-6-9-11/h4-6,8-9H,2-3,7,10H2,1H3/q+1. The van der Waals surface area contributed by atoms with Gasteiger partial charge in [-0.1, -0.05) is 38.0 Å². The van der Waals surface area contributed by atoms with E-state index in [4.69, 9.17) is 9.05 Å². The van der Waals surface area contributed by atoms with E-state index in [-0.39, 0.29) is 0 Å². The molecule has 0 bridgehead atoms. The van der Waals surface area contributed by atoms with Gasteiger partial charge in [0.2, 0.25) is 0 Å². The van der Waals surface area contributed by atoms with Gasteiger partial charge in [-0.15, -0.1) is 4.52 Å². The molecule has 0 saturated heterocycles. The van der Waals surface area contributed by atoms with Gasteiger partial charge in [0.1, 0.15) is 6.61 Å². The molecule has 0 N–H and O–H groups in total. The molecule has 15 heavy (non-hydrogen) atoms. The molecule has 1 rings (SSSR count). The minimum atomic E-state index is -2.02. The van der Waals surface area contributed by atoms with E-state index in [0.717, 1.165) is 19.3 Å². The van der Waals surface area contributed by atoms with Crippen LogP contribution in [0.15, 0.2) is 30.3 Å². The molecule has 0 aliphatic heterocycles. The van der Waals surface area contributed by atoms with Crippen molar-refractivity contribution in [2.75, 3.05) is 6.61 Å². The van der Waals surface area contributed by atoms with Crippen LogP contribution in [-0.2, 0) is 9.09 Å². The summed E-state index contributed by atoms with van der Waals surface area (Å²) in [5.41, 5.74) is 0. The highest BCUT2D eigenvalue weighted by Gasteiger charge is 2.20. The van der Waals surface area contributed by atoms with Crippen LogP contribution in [0.3, 0.4) is 0 Å². The zero-order chi connectivity index (χ0) is 10.9. The first-order chi connectivity index (χ1) is 7.33. The van der Waals surface area contributed by atoms with Crippen molar-refractivity contribution in [3.05, 3.63) is 30.3 Å². The highest BCUT2D eigenvalue weighted by Crippen LogP contribution is 2.27. The van der Waals surface area contributed by atoms with E-state index >= 15 is 0 Å². The molecule has 0 aliphatic carbocycles. The summed E-state index contributed by atoms with van der Waals surface area (Å²) in [7, 11) is -2.02. The smallest absolute Gasteiger partial charge is 0.229 e. The van der Waals surface area contributed by atoms with Crippen LogP contribution in [-0.4, -0.2) is 6.61 Å². The predicted molar refractivity (Wildman–Crippen MR) is 60.2 cm³/mol. The molecule has 82 valence electrons. The molecule has 1 atom stereocenters. The molecule has 0 radical (unpaired) electrons. The molecule has 3 nitrogen and oxygen atoms in total. The van der Waals surface area contributed by atoms with E-state index in [2.05, 4.69) is 6.92 Å². The lowest BCUT2D eigenvalue weighted by atomic mass is 10.3. The summed E-state index contributed by atoms with van der Waals surface area (Å²) in [6, 6.07) is 9.04. The lowest BCUT2D eigenvalue weighted by Crippen LogP contribution is -1.90. The van der Waals surface area contributed by atoms with E-state index < -0.39 is 8.25 Å². The van der Waals surface area contributed by atoms with E-state index in [1.165, 1.54) is 0 Å². The SMILES string of the molecule is CCCCCO[P+](=O)Oc1ccccc1. The second-order valence-corrected chi connectivity index (χ2v) is 4.06.